The monoisotopic (exact) mass is 527 g/mol. The van der Waals surface area contributed by atoms with Gasteiger partial charge in [0.05, 0.1) is 25.9 Å². The summed E-state index contributed by atoms with van der Waals surface area (Å²) >= 11 is 0. The van der Waals surface area contributed by atoms with Gasteiger partial charge in [-0.05, 0) is 44.9 Å². The normalized spacial score (nSPS) is 12.0. The fraction of sp³-hybridized carbons (Fsp3) is 1.00. The number of rotatable bonds is 31. The molecule has 0 bridgehead atoms. The topological polar surface area (TPSA) is 12.0 Å². The molecule has 0 saturated heterocycles. The van der Waals surface area contributed by atoms with Crippen molar-refractivity contribution in [2.45, 2.75) is 195 Å². The summed E-state index contributed by atoms with van der Waals surface area (Å²) in [7, 11) is -0.983. The van der Waals surface area contributed by atoms with E-state index in [4.69, 9.17) is 0 Å². The first-order chi connectivity index (χ1) is 17.7. The average molecular weight is 527 g/mol. The van der Waals surface area contributed by atoms with Crippen molar-refractivity contribution in [1.29, 1.82) is 0 Å². The fourth-order valence-electron chi connectivity index (χ4n) is 5.73. The first-order valence-corrected chi connectivity index (χ1v) is 19.7. The van der Waals surface area contributed by atoms with Gasteiger partial charge in [-0.25, -0.2) is 0 Å². The minimum absolute atomic E-state index is 0.983. The van der Waals surface area contributed by atoms with Crippen LogP contribution in [0, 0.1) is 0 Å². The summed E-state index contributed by atoms with van der Waals surface area (Å²) in [4.78, 5) is 0. The summed E-state index contributed by atoms with van der Waals surface area (Å²) in [5.41, 5.74) is 0. The molecule has 0 aliphatic heterocycles. The van der Waals surface area contributed by atoms with E-state index in [2.05, 4.69) is 32.8 Å². The Kier molecular flexibility index (Phi) is 30.3. The van der Waals surface area contributed by atoms with E-state index in [-0.39, 0.29) is 0 Å². The predicted molar refractivity (Wildman–Crippen MR) is 172 cm³/mol. The van der Waals surface area contributed by atoms with Gasteiger partial charge in [-0.1, -0.05) is 150 Å². The van der Waals surface area contributed by atoms with Gasteiger partial charge in [0.15, 0.2) is 0 Å². The van der Waals surface area contributed by atoms with Gasteiger partial charge in [-0.2, -0.15) is 5.09 Å². The maximum Gasteiger partial charge on any atom is 0.0799 e. The lowest BCUT2D eigenvalue weighted by atomic mass is 10.1. The molecular formula is C34H73NP+. The number of unbranched alkanes of at least 4 members (excludes halogenated alkanes) is 22. The van der Waals surface area contributed by atoms with E-state index in [0.717, 1.165) is 0 Å². The molecule has 0 aromatic rings. The molecule has 0 fully saturated rings. The average Bonchev–Trinajstić information content (AvgIpc) is 2.89. The van der Waals surface area contributed by atoms with Gasteiger partial charge in [0, 0.05) is 6.54 Å². The minimum Gasteiger partial charge on any atom is -0.192 e. The molecule has 1 nitrogen and oxygen atoms in total. The summed E-state index contributed by atoms with van der Waals surface area (Å²) in [6, 6.07) is 0. The van der Waals surface area contributed by atoms with Crippen molar-refractivity contribution >= 4 is 7.41 Å². The third kappa shape index (κ3) is 24.7. The van der Waals surface area contributed by atoms with Gasteiger partial charge in [0.25, 0.3) is 0 Å². The highest BCUT2D eigenvalue weighted by Gasteiger charge is 2.35. The van der Waals surface area contributed by atoms with E-state index in [9.17, 15) is 0 Å². The maximum atomic E-state index is 4.36. The van der Waals surface area contributed by atoms with Crippen molar-refractivity contribution in [3.8, 4) is 0 Å². The molecule has 0 aliphatic carbocycles. The second-order valence-corrected chi connectivity index (χ2v) is 16.0. The van der Waals surface area contributed by atoms with E-state index in [1.807, 2.05) is 0 Å². The summed E-state index contributed by atoms with van der Waals surface area (Å²) in [6.45, 7) is 10.7. The molecule has 0 heterocycles. The highest BCUT2D eigenvalue weighted by atomic mass is 31.2. The minimum atomic E-state index is -0.983. The molecule has 0 aliphatic rings. The van der Waals surface area contributed by atoms with Crippen molar-refractivity contribution in [3.05, 3.63) is 0 Å². The van der Waals surface area contributed by atoms with Gasteiger partial charge in [-0.15, -0.1) is 0 Å². The molecule has 0 rings (SSSR count). The van der Waals surface area contributed by atoms with Gasteiger partial charge >= 0.3 is 0 Å². The molecule has 218 valence electrons. The third-order valence-corrected chi connectivity index (χ3v) is 12.7. The van der Waals surface area contributed by atoms with Crippen LogP contribution in [0.5, 0.6) is 0 Å². The molecule has 36 heavy (non-hydrogen) atoms. The lowest BCUT2D eigenvalue weighted by molar-refractivity contribution is 0.572. The smallest absolute Gasteiger partial charge is 0.0799 e. The van der Waals surface area contributed by atoms with Gasteiger partial charge < -0.3 is 0 Å². The zero-order valence-corrected chi connectivity index (χ0v) is 27.1. The van der Waals surface area contributed by atoms with Crippen molar-refractivity contribution in [2.24, 2.45) is 0 Å². The summed E-state index contributed by atoms with van der Waals surface area (Å²) in [6.07, 6.45) is 42.3. The van der Waals surface area contributed by atoms with E-state index < -0.39 is 7.41 Å². The molecule has 0 aromatic heterocycles. The highest BCUT2D eigenvalue weighted by molar-refractivity contribution is 7.74. The van der Waals surface area contributed by atoms with E-state index >= 15 is 0 Å². The SMILES string of the molecule is CCCCCCCCCCN[P+](CCCCCCCC)(CCCCCCCC)CCCCCCCC. The van der Waals surface area contributed by atoms with Crippen LogP contribution < -0.4 is 5.09 Å². The Morgan fingerprint density at radius 3 is 0.861 bits per heavy atom. The molecular weight excluding hydrogens is 453 g/mol. The Morgan fingerprint density at radius 1 is 0.306 bits per heavy atom. The largest absolute Gasteiger partial charge is 0.192 e. The Hall–Kier alpha value is 0.390. The van der Waals surface area contributed by atoms with Crippen LogP contribution in [0.2, 0.25) is 0 Å². The second kappa shape index (κ2) is 29.9. The highest BCUT2D eigenvalue weighted by Crippen LogP contribution is 2.57. The van der Waals surface area contributed by atoms with Crippen molar-refractivity contribution < 1.29 is 0 Å². The zero-order valence-electron chi connectivity index (χ0n) is 26.2. The van der Waals surface area contributed by atoms with E-state index in [0.29, 0.717) is 0 Å². The van der Waals surface area contributed by atoms with Gasteiger partial charge in [0.1, 0.15) is 0 Å². The van der Waals surface area contributed by atoms with Crippen LogP contribution in [-0.4, -0.2) is 25.0 Å². The number of hydrogen-bond acceptors (Lipinski definition) is 1. The molecule has 2 heteroatoms. The fourth-order valence-corrected chi connectivity index (χ4v) is 10.00. The summed E-state index contributed by atoms with van der Waals surface area (Å²) < 4.78 is 0. The van der Waals surface area contributed by atoms with Crippen LogP contribution in [-0.2, 0) is 0 Å². The molecule has 1 N–H and O–H groups in total. The molecule has 0 saturated carbocycles. The lowest BCUT2D eigenvalue weighted by Gasteiger charge is -2.29. The van der Waals surface area contributed by atoms with E-state index in [1.165, 1.54) is 173 Å². The Morgan fingerprint density at radius 2 is 0.556 bits per heavy atom. The Balaban J connectivity index is 4.72. The Labute approximate surface area is 231 Å². The molecule has 0 atom stereocenters. The summed E-state index contributed by atoms with van der Waals surface area (Å²) in [5, 5.41) is 4.36. The first kappa shape index (κ1) is 36.4. The number of nitrogens with one attached hydrogen (secondary N) is 1. The van der Waals surface area contributed by atoms with E-state index in [1.54, 1.807) is 18.5 Å². The second-order valence-electron chi connectivity index (χ2n) is 12.0. The standard InChI is InChI=1S/C34H73NP/c1-5-9-13-17-21-22-23-27-31-35-36(32-28-24-18-14-10-6-2,33-29-25-19-15-11-7-3)34-30-26-20-16-12-8-4/h35H,5-34H2,1-4H3/q+1. The molecule has 0 spiro atoms. The molecule has 0 radical (unpaired) electrons. The van der Waals surface area contributed by atoms with Crippen molar-refractivity contribution in [1.82, 2.24) is 5.09 Å². The van der Waals surface area contributed by atoms with Gasteiger partial charge in [0.2, 0.25) is 0 Å². The summed E-state index contributed by atoms with van der Waals surface area (Å²) in [5.74, 6) is 0. The lowest BCUT2D eigenvalue weighted by Crippen LogP contribution is -2.25. The van der Waals surface area contributed by atoms with Crippen LogP contribution in [0.3, 0.4) is 0 Å². The molecule has 0 amide bonds. The van der Waals surface area contributed by atoms with Gasteiger partial charge in [-0.3, -0.25) is 0 Å². The van der Waals surface area contributed by atoms with Crippen LogP contribution in [0.4, 0.5) is 0 Å². The predicted octanol–water partition coefficient (Wildman–Crippen LogP) is 12.7. The molecule has 0 unspecified atom stereocenters. The van der Waals surface area contributed by atoms with Crippen LogP contribution in [0.15, 0.2) is 0 Å². The molecule has 0 aromatic carbocycles. The Bertz CT molecular complexity index is 356. The zero-order chi connectivity index (χ0) is 26.4. The van der Waals surface area contributed by atoms with Crippen molar-refractivity contribution in [3.63, 3.8) is 0 Å². The van der Waals surface area contributed by atoms with Crippen molar-refractivity contribution in [2.75, 3.05) is 25.0 Å². The maximum absolute atomic E-state index is 4.36. The first-order valence-electron chi connectivity index (χ1n) is 17.4. The quantitative estimate of drug-likeness (QED) is 0.0699. The van der Waals surface area contributed by atoms with Crippen LogP contribution >= 0.6 is 7.41 Å². The number of hydrogen-bond donors (Lipinski definition) is 1. The third-order valence-electron chi connectivity index (χ3n) is 8.30. The van der Waals surface area contributed by atoms with Crippen LogP contribution in [0.25, 0.3) is 0 Å². The van der Waals surface area contributed by atoms with Crippen LogP contribution in [0.1, 0.15) is 195 Å².